The first-order valence-electron chi connectivity index (χ1n) is 28.5. The first-order valence-corrected chi connectivity index (χ1v) is 28.5. The standard InChI is InChI=1S/C63H98O12/c1-4-7-10-13-16-19-22-25-27-28-30-33-36-39-42-45-48-51-57(66)74-61-59(68)58(67)60(62(69)70)75-63(61)72-53-54(73-56(65)50-47-44-41-38-35-31-24-21-18-15-12-9-6-3)52-71-55(64)49-46-43-40-37-34-32-29-26-23-20-17-14-11-8-5-2/h7-8,10-12,15-17,19-21,24-27,29,34,37,43,46,54,58-61,63,67-68H,4-6,9,13-14,18,22-23,28,30-33,35-36,38-42,44-45,47-53H2,1-3H3,(H,69,70)/b10-7-,11-8-,15-12-,19-16-,20-17-,24-21-,27-25-,29-26-,37-34-,46-43-. The zero-order valence-corrected chi connectivity index (χ0v) is 46.2. The second-order valence-electron chi connectivity index (χ2n) is 18.8. The van der Waals surface area contributed by atoms with Crippen LogP contribution >= 0.6 is 0 Å². The molecule has 1 heterocycles. The highest BCUT2D eigenvalue weighted by atomic mass is 16.7. The number of hydrogen-bond acceptors (Lipinski definition) is 11. The summed E-state index contributed by atoms with van der Waals surface area (Å²) in [6, 6.07) is 0. The summed E-state index contributed by atoms with van der Waals surface area (Å²) in [4.78, 5) is 51.0. The molecule has 1 aliphatic rings. The second kappa shape index (κ2) is 50.0. The Morgan fingerprint density at radius 1 is 0.467 bits per heavy atom. The lowest BCUT2D eigenvalue weighted by Crippen LogP contribution is -2.61. The molecule has 1 saturated heterocycles. The van der Waals surface area contributed by atoms with Gasteiger partial charge in [0, 0.05) is 12.8 Å². The summed E-state index contributed by atoms with van der Waals surface area (Å²) in [5, 5.41) is 31.5. The summed E-state index contributed by atoms with van der Waals surface area (Å²) < 4.78 is 28.2. The van der Waals surface area contributed by atoms with Crippen LogP contribution in [0.5, 0.6) is 0 Å². The number of allylic oxidation sites excluding steroid dienone is 19. The third kappa shape index (κ3) is 40.1. The van der Waals surface area contributed by atoms with Crippen molar-refractivity contribution >= 4 is 23.9 Å². The molecule has 0 aromatic heterocycles. The van der Waals surface area contributed by atoms with Gasteiger partial charge in [0.1, 0.15) is 18.8 Å². The van der Waals surface area contributed by atoms with E-state index in [-0.39, 0.29) is 25.9 Å². The highest BCUT2D eigenvalue weighted by Gasteiger charge is 2.50. The summed E-state index contributed by atoms with van der Waals surface area (Å²) >= 11 is 0. The highest BCUT2D eigenvalue weighted by Crippen LogP contribution is 2.26. The second-order valence-corrected chi connectivity index (χ2v) is 18.8. The number of aliphatic hydroxyl groups excluding tert-OH is 2. The van der Waals surface area contributed by atoms with E-state index in [0.29, 0.717) is 19.3 Å². The van der Waals surface area contributed by atoms with E-state index < -0.39 is 67.3 Å². The van der Waals surface area contributed by atoms with Crippen LogP contribution in [0.4, 0.5) is 0 Å². The molecule has 1 fully saturated rings. The van der Waals surface area contributed by atoms with E-state index >= 15 is 0 Å². The lowest BCUT2D eigenvalue weighted by molar-refractivity contribution is -0.301. The number of unbranched alkanes of at least 4 members (excludes halogenated alkanes) is 13. The van der Waals surface area contributed by atoms with Gasteiger partial charge in [-0.3, -0.25) is 14.4 Å². The van der Waals surface area contributed by atoms with Gasteiger partial charge in [-0.15, -0.1) is 0 Å². The smallest absolute Gasteiger partial charge is 0.335 e. The lowest BCUT2D eigenvalue weighted by Gasteiger charge is -2.40. The molecule has 0 amide bonds. The van der Waals surface area contributed by atoms with Gasteiger partial charge in [0.15, 0.2) is 24.6 Å². The fourth-order valence-corrected chi connectivity index (χ4v) is 7.73. The monoisotopic (exact) mass is 1050 g/mol. The molecule has 1 aliphatic heterocycles. The average molecular weight is 1050 g/mol. The zero-order chi connectivity index (χ0) is 54.7. The van der Waals surface area contributed by atoms with Gasteiger partial charge < -0.3 is 39.0 Å². The predicted octanol–water partition coefficient (Wildman–Crippen LogP) is 14.4. The van der Waals surface area contributed by atoms with E-state index in [1.165, 1.54) is 0 Å². The first-order chi connectivity index (χ1) is 36.6. The molecule has 12 heteroatoms. The van der Waals surface area contributed by atoms with E-state index in [9.17, 15) is 34.5 Å². The van der Waals surface area contributed by atoms with Crippen LogP contribution in [0.25, 0.3) is 0 Å². The minimum atomic E-state index is -1.93. The minimum absolute atomic E-state index is 0.0246. The van der Waals surface area contributed by atoms with Crippen LogP contribution in [0.15, 0.2) is 122 Å². The van der Waals surface area contributed by atoms with Crippen molar-refractivity contribution in [2.24, 2.45) is 0 Å². The number of aliphatic carboxylic acids is 1. The maximum absolute atomic E-state index is 13.1. The number of esters is 3. The Balaban J connectivity index is 2.76. The Kier molecular flexibility index (Phi) is 45.4. The van der Waals surface area contributed by atoms with E-state index in [2.05, 4.69) is 124 Å². The number of carboxylic acid groups (broad SMARTS) is 1. The molecule has 0 aromatic rings. The van der Waals surface area contributed by atoms with Crippen LogP contribution in [0.1, 0.15) is 201 Å². The topological polar surface area (TPSA) is 175 Å². The van der Waals surface area contributed by atoms with Crippen molar-refractivity contribution in [2.75, 3.05) is 13.2 Å². The molecular formula is C63H98O12. The van der Waals surface area contributed by atoms with Gasteiger partial charge in [0.05, 0.1) is 13.0 Å². The van der Waals surface area contributed by atoms with Gasteiger partial charge in [-0.05, 0) is 103 Å². The Hall–Kier alpha value is -4.88. The molecule has 0 spiro atoms. The van der Waals surface area contributed by atoms with Crippen molar-refractivity contribution in [2.45, 2.75) is 237 Å². The minimum Gasteiger partial charge on any atom is -0.479 e. The van der Waals surface area contributed by atoms with E-state index in [4.69, 9.17) is 23.7 Å². The SMILES string of the molecule is CC/C=C\C/C=C\C/C=C\C/C=C\C/C=C\CC(=O)OCC(COC1OC(C(=O)O)C(O)C(O)C1OC(=O)CCCCCCCCC/C=C\C/C=C\C/C=C\CC)OC(=O)CCCCCCC/C=C\C/C=C\CCC. The summed E-state index contributed by atoms with van der Waals surface area (Å²) in [5.41, 5.74) is 0. The van der Waals surface area contributed by atoms with Crippen molar-refractivity contribution < 1.29 is 58.2 Å². The van der Waals surface area contributed by atoms with Gasteiger partial charge in [-0.2, -0.15) is 0 Å². The van der Waals surface area contributed by atoms with Crippen LogP contribution in [0.3, 0.4) is 0 Å². The molecule has 6 atom stereocenters. The van der Waals surface area contributed by atoms with E-state index in [1.54, 1.807) is 6.08 Å². The molecule has 1 rings (SSSR count). The first kappa shape index (κ1) is 68.1. The normalized spacial score (nSPS) is 19.1. The fraction of sp³-hybridized carbons (Fsp3) is 0.619. The lowest BCUT2D eigenvalue weighted by atomic mass is 9.98. The number of rotatable bonds is 46. The molecule has 0 aromatic carbocycles. The summed E-state index contributed by atoms with van der Waals surface area (Å²) in [5.74, 6) is -3.34. The van der Waals surface area contributed by atoms with Crippen molar-refractivity contribution in [1.82, 2.24) is 0 Å². The number of carboxylic acids is 1. The molecule has 422 valence electrons. The molecule has 0 bridgehead atoms. The van der Waals surface area contributed by atoms with Gasteiger partial charge in [0.25, 0.3) is 0 Å². The molecule has 0 radical (unpaired) electrons. The molecular weight excluding hydrogens is 949 g/mol. The average Bonchev–Trinajstić information content (AvgIpc) is 3.39. The quantitative estimate of drug-likeness (QED) is 0.0228. The molecule has 0 aliphatic carbocycles. The van der Waals surface area contributed by atoms with E-state index in [0.717, 1.165) is 141 Å². The van der Waals surface area contributed by atoms with Crippen molar-refractivity contribution in [3.63, 3.8) is 0 Å². The largest absolute Gasteiger partial charge is 0.479 e. The van der Waals surface area contributed by atoms with Gasteiger partial charge >= 0.3 is 23.9 Å². The summed E-state index contributed by atoms with van der Waals surface area (Å²) in [6.07, 6.45) is 56.2. The third-order valence-electron chi connectivity index (χ3n) is 12.0. The third-order valence-corrected chi connectivity index (χ3v) is 12.0. The van der Waals surface area contributed by atoms with Gasteiger partial charge in [0.2, 0.25) is 0 Å². The number of aliphatic hydroxyl groups is 2. The van der Waals surface area contributed by atoms with Crippen LogP contribution < -0.4 is 0 Å². The van der Waals surface area contributed by atoms with Gasteiger partial charge in [-0.25, -0.2) is 4.79 Å². The number of carbonyl (C=O) groups excluding carboxylic acids is 3. The molecule has 75 heavy (non-hydrogen) atoms. The van der Waals surface area contributed by atoms with Crippen LogP contribution in [0, 0.1) is 0 Å². The van der Waals surface area contributed by atoms with Crippen LogP contribution in [0.2, 0.25) is 0 Å². The fourth-order valence-electron chi connectivity index (χ4n) is 7.73. The van der Waals surface area contributed by atoms with E-state index in [1.807, 2.05) is 12.2 Å². The molecule has 0 saturated carbocycles. The Morgan fingerprint density at radius 2 is 0.880 bits per heavy atom. The predicted molar refractivity (Wildman–Crippen MR) is 303 cm³/mol. The Labute approximate surface area is 452 Å². The summed E-state index contributed by atoms with van der Waals surface area (Å²) in [6.45, 7) is 5.58. The molecule has 6 unspecified atom stereocenters. The van der Waals surface area contributed by atoms with Crippen molar-refractivity contribution in [3.8, 4) is 0 Å². The molecule has 12 nitrogen and oxygen atoms in total. The Morgan fingerprint density at radius 3 is 1.35 bits per heavy atom. The maximum atomic E-state index is 13.1. The van der Waals surface area contributed by atoms with Crippen LogP contribution in [-0.2, 0) is 42.9 Å². The van der Waals surface area contributed by atoms with Gasteiger partial charge in [-0.1, -0.05) is 200 Å². The van der Waals surface area contributed by atoms with Crippen molar-refractivity contribution in [1.29, 1.82) is 0 Å². The highest BCUT2D eigenvalue weighted by molar-refractivity contribution is 5.74. The number of ether oxygens (including phenoxy) is 5. The number of hydrogen-bond donors (Lipinski definition) is 3. The summed E-state index contributed by atoms with van der Waals surface area (Å²) in [7, 11) is 0. The number of carbonyl (C=O) groups is 4. The molecule has 3 N–H and O–H groups in total. The maximum Gasteiger partial charge on any atom is 0.335 e. The zero-order valence-electron chi connectivity index (χ0n) is 46.2. The van der Waals surface area contributed by atoms with Crippen LogP contribution in [-0.4, -0.2) is 89.2 Å². The Bertz CT molecular complexity index is 1770. The van der Waals surface area contributed by atoms with Crippen molar-refractivity contribution in [3.05, 3.63) is 122 Å².